The highest BCUT2D eigenvalue weighted by molar-refractivity contribution is 7.92. The molecule has 0 aromatic carbocycles. The largest absolute Gasteiger partial charge is 0.481 e. The summed E-state index contributed by atoms with van der Waals surface area (Å²) >= 11 is 5.04. The number of thiocarbonyl (C=S) groups is 1. The van der Waals surface area contributed by atoms with Gasteiger partial charge in [-0.3, -0.25) is 9.40 Å². The topological polar surface area (TPSA) is 147 Å². The summed E-state index contributed by atoms with van der Waals surface area (Å²) in [6.07, 6.45) is 0. The van der Waals surface area contributed by atoms with E-state index in [9.17, 15) is 13.2 Å². The lowest BCUT2D eigenvalue weighted by atomic mass is 10.3. The van der Waals surface area contributed by atoms with Crippen LogP contribution in [-0.2, 0) is 21.8 Å². The van der Waals surface area contributed by atoms with E-state index in [4.69, 9.17) is 26.4 Å². The van der Waals surface area contributed by atoms with Crippen LogP contribution in [0.5, 0.6) is 11.8 Å². The molecule has 0 bridgehead atoms. The molecule has 158 valence electrons. The molecule has 2 N–H and O–H groups in total. The van der Waals surface area contributed by atoms with Crippen molar-refractivity contribution in [2.45, 2.75) is 18.9 Å². The maximum absolute atomic E-state index is 12.8. The molecule has 2 heterocycles. The van der Waals surface area contributed by atoms with Gasteiger partial charge in [0.05, 0.1) is 32.6 Å². The number of carbonyl (C=O) groups excluding carboxylic acids is 1. The number of nitrogens with zero attached hydrogens (tertiary/aromatic N) is 4. The number of hydrogen-bond acceptors (Lipinski definition) is 10. The Labute approximate surface area is 172 Å². The van der Waals surface area contributed by atoms with Crippen LogP contribution in [0.25, 0.3) is 0 Å². The lowest BCUT2D eigenvalue weighted by Crippen LogP contribution is -2.36. The molecule has 0 aliphatic rings. The summed E-state index contributed by atoms with van der Waals surface area (Å²) in [4.78, 5) is 20.2. The first kappa shape index (κ1) is 22.3. The van der Waals surface area contributed by atoms with E-state index >= 15 is 0 Å². The van der Waals surface area contributed by atoms with E-state index in [0.717, 1.165) is 4.68 Å². The van der Waals surface area contributed by atoms with Gasteiger partial charge in [0, 0.05) is 7.05 Å². The second-order valence-corrected chi connectivity index (χ2v) is 7.45. The zero-order valence-corrected chi connectivity index (χ0v) is 18.0. The SMILES string of the molecule is CCOC(=O)c1c(C)nn(C)c1S(=O)(=O)NC(=S)Nc1nc(OC)cc(OC)n1. The van der Waals surface area contributed by atoms with Crippen LogP contribution in [0.15, 0.2) is 11.1 Å². The first-order chi connectivity index (χ1) is 13.6. The van der Waals surface area contributed by atoms with Crippen molar-refractivity contribution in [2.75, 3.05) is 26.1 Å². The van der Waals surface area contributed by atoms with Gasteiger partial charge in [-0.15, -0.1) is 0 Å². The number of ether oxygens (including phenoxy) is 3. The van der Waals surface area contributed by atoms with E-state index in [0.29, 0.717) is 0 Å². The van der Waals surface area contributed by atoms with Crippen molar-refractivity contribution in [2.24, 2.45) is 7.05 Å². The monoisotopic (exact) mass is 444 g/mol. The van der Waals surface area contributed by atoms with Gasteiger partial charge in [0.25, 0.3) is 10.0 Å². The number of aromatic nitrogens is 4. The molecule has 2 rings (SSSR count). The van der Waals surface area contributed by atoms with E-state index in [-0.39, 0.29) is 45.7 Å². The molecule has 0 spiro atoms. The molecular weight excluding hydrogens is 424 g/mol. The lowest BCUT2D eigenvalue weighted by molar-refractivity contribution is 0.0520. The van der Waals surface area contributed by atoms with E-state index in [2.05, 4.69) is 25.1 Å². The van der Waals surface area contributed by atoms with Gasteiger partial charge in [-0.1, -0.05) is 0 Å². The van der Waals surface area contributed by atoms with Crippen LogP contribution in [0, 0.1) is 6.92 Å². The van der Waals surface area contributed by atoms with Crippen LogP contribution in [0.2, 0.25) is 0 Å². The van der Waals surface area contributed by atoms with Gasteiger partial charge in [-0.2, -0.15) is 23.5 Å². The van der Waals surface area contributed by atoms with Crippen LogP contribution in [-0.4, -0.2) is 60.1 Å². The number of hydrogen-bond donors (Lipinski definition) is 2. The van der Waals surface area contributed by atoms with Crippen molar-refractivity contribution < 1.29 is 27.4 Å². The first-order valence-corrected chi connectivity index (χ1v) is 10.0. The Morgan fingerprint density at radius 2 is 1.83 bits per heavy atom. The predicted octanol–water partition coefficient (Wildman–Crippen LogP) is 0.388. The Morgan fingerprint density at radius 1 is 1.24 bits per heavy atom. The minimum absolute atomic E-state index is 0.0549. The van der Waals surface area contributed by atoms with Gasteiger partial charge >= 0.3 is 5.97 Å². The Balaban J connectivity index is 2.31. The second-order valence-electron chi connectivity index (χ2n) is 5.45. The molecule has 0 amide bonds. The number of anilines is 1. The molecule has 2 aromatic heterocycles. The summed E-state index contributed by atoms with van der Waals surface area (Å²) in [6, 6.07) is 1.43. The zero-order valence-electron chi connectivity index (χ0n) is 16.3. The summed E-state index contributed by atoms with van der Waals surface area (Å²) < 4.78 is 43.9. The molecule has 12 nitrogen and oxygen atoms in total. The van der Waals surface area contributed by atoms with E-state index in [1.165, 1.54) is 34.3 Å². The number of rotatable bonds is 7. The van der Waals surface area contributed by atoms with Crippen LogP contribution in [0.3, 0.4) is 0 Å². The molecule has 0 radical (unpaired) electrons. The maximum atomic E-state index is 12.8. The van der Waals surface area contributed by atoms with Gasteiger partial charge in [-0.05, 0) is 26.1 Å². The molecule has 0 aliphatic heterocycles. The third kappa shape index (κ3) is 5.08. The summed E-state index contributed by atoms with van der Waals surface area (Å²) in [6.45, 7) is 3.19. The van der Waals surface area contributed by atoms with Crippen molar-refractivity contribution >= 4 is 39.3 Å². The highest BCUT2D eigenvalue weighted by Crippen LogP contribution is 2.20. The van der Waals surface area contributed by atoms with Gasteiger partial charge < -0.3 is 19.5 Å². The Bertz CT molecular complexity index is 1010. The van der Waals surface area contributed by atoms with Gasteiger partial charge in [-0.25, -0.2) is 4.79 Å². The standard InChI is InChI=1S/C15H20N6O6S2/c1-6-27-13(22)11-8(2)19-21(3)12(11)29(23,24)20-15(28)18-14-16-9(25-4)7-10(17-14)26-5/h7H,6H2,1-5H3,(H2,16,17,18,20,28). The normalized spacial score (nSPS) is 10.9. The Kier molecular flexibility index (Phi) is 6.92. The van der Waals surface area contributed by atoms with Crippen molar-refractivity contribution in [1.82, 2.24) is 24.5 Å². The molecule has 0 unspecified atom stereocenters. The second kappa shape index (κ2) is 9.00. The Hall–Kier alpha value is -3.00. The van der Waals surface area contributed by atoms with Crippen LogP contribution in [0.1, 0.15) is 23.0 Å². The molecule has 29 heavy (non-hydrogen) atoms. The third-order valence-corrected chi connectivity index (χ3v) is 5.24. The highest BCUT2D eigenvalue weighted by atomic mass is 32.2. The quantitative estimate of drug-likeness (QED) is 0.451. The van der Waals surface area contributed by atoms with Crippen LogP contribution < -0.4 is 19.5 Å². The molecule has 2 aromatic rings. The van der Waals surface area contributed by atoms with Crippen molar-refractivity contribution in [1.29, 1.82) is 0 Å². The average molecular weight is 444 g/mol. The maximum Gasteiger partial charge on any atom is 0.343 e. The fourth-order valence-corrected chi connectivity index (χ4v) is 4.05. The number of esters is 1. The summed E-state index contributed by atoms with van der Waals surface area (Å²) in [5, 5.41) is 5.80. The fourth-order valence-electron chi connectivity index (χ4n) is 2.35. The number of methoxy groups -OCH3 is 2. The molecule has 0 atom stereocenters. The number of sulfonamides is 1. The molecule has 0 saturated heterocycles. The molecular formula is C15H20N6O6S2. The van der Waals surface area contributed by atoms with Crippen molar-refractivity contribution in [3.63, 3.8) is 0 Å². The number of aryl methyl sites for hydroxylation is 2. The number of carbonyl (C=O) groups is 1. The fraction of sp³-hybridized carbons (Fsp3) is 0.400. The van der Waals surface area contributed by atoms with Gasteiger partial charge in [0.1, 0.15) is 5.56 Å². The molecule has 0 fully saturated rings. The summed E-state index contributed by atoms with van der Waals surface area (Å²) in [5.74, 6) is -0.507. The van der Waals surface area contributed by atoms with Gasteiger partial charge in [0.2, 0.25) is 17.7 Å². The van der Waals surface area contributed by atoms with E-state index in [1.54, 1.807) is 6.92 Å². The molecule has 14 heteroatoms. The smallest absolute Gasteiger partial charge is 0.343 e. The van der Waals surface area contributed by atoms with E-state index < -0.39 is 16.0 Å². The van der Waals surface area contributed by atoms with Crippen molar-refractivity contribution in [3.8, 4) is 11.8 Å². The number of nitrogens with one attached hydrogen (secondary N) is 2. The van der Waals surface area contributed by atoms with Gasteiger partial charge in [0.15, 0.2) is 10.1 Å². The lowest BCUT2D eigenvalue weighted by Gasteiger charge is -2.12. The van der Waals surface area contributed by atoms with Crippen LogP contribution >= 0.6 is 12.2 Å². The molecule has 0 saturated carbocycles. The average Bonchev–Trinajstić information content (AvgIpc) is 2.95. The third-order valence-electron chi connectivity index (χ3n) is 3.45. The zero-order chi connectivity index (χ0) is 21.8. The minimum atomic E-state index is -4.29. The first-order valence-electron chi connectivity index (χ1n) is 8.14. The summed E-state index contributed by atoms with van der Waals surface area (Å²) in [7, 11) is -0.107. The highest BCUT2D eigenvalue weighted by Gasteiger charge is 2.31. The van der Waals surface area contributed by atoms with Crippen molar-refractivity contribution in [3.05, 3.63) is 17.3 Å². The van der Waals surface area contributed by atoms with Crippen LogP contribution in [0.4, 0.5) is 5.95 Å². The summed E-state index contributed by atoms with van der Waals surface area (Å²) in [5.41, 5.74) is 0.0232. The molecule has 0 aliphatic carbocycles. The Morgan fingerprint density at radius 3 is 2.34 bits per heavy atom. The minimum Gasteiger partial charge on any atom is -0.481 e. The van der Waals surface area contributed by atoms with E-state index in [1.807, 2.05) is 0 Å². The predicted molar refractivity (Wildman–Crippen MR) is 106 cm³/mol.